The van der Waals surface area contributed by atoms with Gasteiger partial charge in [-0.1, -0.05) is 0 Å². The number of carboxylic acids is 1. The average Bonchev–Trinajstić information content (AvgIpc) is 3.30. The lowest BCUT2D eigenvalue weighted by Crippen LogP contribution is -2.37. The van der Waals surface area contributed by atoms with Crippen molar-refractivity contribution in [1.82, 2.24) is 0 Å². The van der Waals surface area contributed by atoms with Gasteiger partial charge in [-0.15, -0.1) is 0 Å². The number of fused-ring (bicyclic) bond motifs is 2. The number of nitrogens with zero attached hydrogens (tertiary/aromatic N) is 1. The van der Waals surface area contributed by atoms with Crippen molar-refractivity contribution in [1.29, 1.82) is 0 Å². The Hall–Kier alpha value is -2.33. The third kappa shape index (κ3) is 4.86. The van der Waals surface area contributed by atoms with Crippen molar-refractivity contribution in [3.05, 3.63) is 23.8 Å². The molecule has 3 aliphatic heterocycles. The van der Waals surface area contributed by atoms with Crippen LogP contribution in [-0.2, 0) is 24.5 Å². The second kappa shape index (κ2) is 8.81. The Kier molecular flexibility index (Phi) is 6.56. The number of hydrogen-bond donors (Lipinski definition) is 2. The minimum atomic E-state index is -5.08. The first-order chi connectivity index (χ1) is 14.1. The lowest BCUT2D eigenvalue weighted by atomic mass is 9.76. The van der Waals surface area contributed by atoms with Crippen molar-refractivity contribution in [3.63, 3.8) is 0 Å². The normalized spacial score (nSPS) is 22.3. The number of carboxylic acid groups (broad SMARTS) is 1. The highest BCUT2D eigenvalue weighted by molar-refractivity contribution is 5.94. The monoisotopic (exact) mass is 430 g/mol. The largest absolute Gasteiger partial charge is 0.490 e. The SMILES string of the molecule is CN1CC2(CCOCC2)c2cc(NC(=O)[C@H]3CCCO3)ccc21.O=C(O)C(F)(F)F. The van der Waals surface area contributed by atoms with E-state index in [4.69, 9.17) is 19.4 Å². The van der Waals surface area contributed by atoms with Crippen molar-refractivity contribution < 1.29 is 37.3 Å². The molecule has 0 aromatic heterocycles. The molecule has 0 aliphatic carbocycles. The van der Waals surface area contributed by atoms with Crippen molar-refractivity contribution >= 4 is 23.3 Å². The summed E-state index contributed by atoms with van der Waals surface area (Å²) in [6.45, 7) is 3.37. The van der Waals surface area contributed by atoms with Crippen LogP contribution in [0.3, 0.4) is 0 Å². The van der Waals surface area contributed by atoms with Gasteiger partial charge >= 0.3 is 12.1 Å². The Morgan fingerprint density at radius 3 is 2.47 bits per heavy atom. The number of nitrogens with one attached hydrogen (secondary N) is 1. The topological polar surface area (TPSA) is 88.1 Å². The smallest absolute Gasteiger partial charge is 0.475 e. The molecule has 4 rings (SSSR count). The van der Waals surface area contributed by atoms with E-state index in [1.165, 1.54) is 11.3 Å². The van der Waals surface area contributed by atoms with Gasteiger partial charge in [-0.2, -0.15) is 13.2 Å². The number of ether oxygens (including phenoxy) is 2. The van der Waals surface area contributed by atoms with E-state index in [-0.39, 0.29) is 17.4 Å². The van der Waals surface area contributed by atoms with Gasteiger partial charge in [0, 0.05) is 50.2 Å². The maximum absolute atomic E-state index is 12.3. The highest BCUT2D eigenvalue weighted by Gasteiger charge is 2.42. The van der Waals surface area contributed by atoms with E-state index in [9.17, 15) is 18.0 Å². The molecular formula is C20H25F3N2O5. The zero-order valence-electron chi connectivity index (χ0n) is 16.6. The summed E-state index contributed by atoms with van der Waals surface area (Å²) in [6, 6.07) is 6.29. The van der Waals surface area contributed by atoms with E-state index >= 15 is 0 Å². The number of likely N-dealkylation sites (N-methyl/N-ethyl adjacent to an activating group) is 1. The number of carbonyl (C=O) groups excluding carboxylic acids is 1. The summed E-state index contributed by atoms with van der Waals surface area (Å²) in [5, 5.41) is 10.2. The van der Waals surface area contributed by atoms with E-state index in [0.29, 0.717) is 6.61 Å². The molecule has 3 heterocycles. The molecule has 2 N–H and O–H groups in total. The molecular weight excluding hydrogens is 405 g/mol. The van der Waals surface area contributed by atoms with Crippen LogP contribution >= 0.6 is 0 Å². The van der Waals surface area contributed by atoms with Crippen LogP contribution in [0.15, 0.2) is 18.2 Å². The van der Waals surface area contributed by atoms with Gasteiger partial charge in [-0.25, -0.2) is 4.79 Å². The van der Waals surface area contributed by atoms with Gasteiger partial charge in [-0.3, -0.25) is 4.79 Å². The van der Waals surface area contributed by atoms with Crippen LogP contribution in [0.1, 0.15) is 31.2 Å². The Balaban J connectivity index is 0.000000318. The summed E-state index contributed by atoms with van der Waals surface area (Å²) < 4.78 is 42.8. The highest BCUT2D eigenvalue weighted by Crippen LogP contribution is 2.47. The third-order valence-corrected chi connectivity index (χ3v) is 5.70. The van der Waals surface area contributed by atoms with Crippen molar-refractivity contribution in [2.24, 2.45) is 0 Å². The molecule has 3 aliphatic rings. The third-order valence-electron chi connectivity index (χ3n) is 5.70. The fourth-order valence-electron chi connectivity index (χ4n) is 4.19. The summed E-state index contributed by atoms with van der Waals surface area (Å²) >= 11 is 0. The first-order valence-electron chi connectivity index (χ1n) is 9.78. The first-order valence-corrected chi connectivity index (χ1v) is 9.78. The van der Waals surface area contributed by atoms with Crippen LogP contribution in [-0.4, -0.2) is 62.7 Å². The van der Waals surface area contributed by atoms with Crippen molar-refractivity contribution in [2.75, 3.05) is 43.6 Å². The van der Waals surface area contributed by atoms with Crippen LogP contribution in [0.5, 0.6) is 0 Å². The predicted molar refractivity (Wildman–Crippen MR) is 103 cm³/mol. The number of hydrogen-bond acceptors (Lipinski definition) is 5. The molecule has 1 aromatic carbocycles. The average molecular weight is 430 g/mol. The predicted octanol–water partition coefficient (Wildman–Crippen LogP) is 2.94. The Labute approximate surface area is 172 Å². The molecule has 1 aromatic rings. The Bertz CT molecular complexity index is 787. The molecule has 7 nitrogen and oxygen atoms in total. The van der Waals surface area contributed by atoms with E-state index in [1.807, 2.05) is 6.07 Å². The van der Waals surface area contributed by atoms with E-state index in [0.717, 1.165) is 51.1 Å². The van der Waals surface area contributed by atoms with E-state index in [2.05, 4.69) is 29.4 Å². The number of aliphatic carboxylic acids is 1. The summed E-state index contributed by atoms with van der Waals surface area (Å²) in [4.78, 5) is 23.5. The van der Waals surface area contributed by atoms with Gasteiger partial charge in [0.2, 0.25) is 0 Å². The number of amides is 1. The number of alkyl halides is 3. The van der Waals surface area contributed by atoms with Gasteiger partial charge in [-0.05, 0) is 49.4 Å². The molecule has 1 atom stereocenters. The molecule has 2 saturated heterocycles. The van der Waals surface area contributed by atoms with Crippen molar-refractivity contribution in [3.8, 4) is 0 Å². The maximum Gasteiger partial charge on any atom is 0.490 e. The molecule has 0 unspecified atom stereocenters. The molecule has 0 saturated carbocycles. The first kappa shape index (κ1) is 22.4. The second-order valence-electron chi connectivity index (χ2n) is 7.77. The molecule has 30 heavy (non-hydrogen) atoms. The van der Waals surface area contributed by atoms with Crippen LogP contribution in [0.25, 0.3) is 0 Å². The second-order valence-corrected chi connectivity index (χ2v) is 7.77. The molecule has 0 bridgehead atoms. The molecule has 1 spiro atoms. The fourth-order valence-corrected chi connectivity index (χ4v) is 4.19. The number of benzene rings is 1. The van der Waals surface area contributed by atoms with Crippen LogP contribution in [0, 0.1) is 0 Å². The summed E-state index contributed by atoms with van der Waals surface area (Å²) in [6.07, 6.45) is -1.49. The molecule has 1 amide bonds. The number of carbonyl (C=O) groups is 2. The van der Waals surface area contributed by atoms with Gasteiger partial charge in [0.05, 0.1) is 0 Å². The van der Waals surface area contributed by atoms with Gasteiger partial charge in [0.1, 0.15) is 6.10 Å². The van der Waals surface area contributed by atoms with Crippen molar-refractivity contribution in [2.45, 2.75) is 43.4 Å². The van der Waals surface area contributed by atoms with E-state index in [1.54, 1.807) is 0 Å². The van der Waals surface area contributed by atoms with Crippen LogP contribution in [0.4, 0.5) is 24.5 Å². The minimum Gasteiger partial charge on any atom is -0.475 e. The molecule has 0 radical (unpaired) electrons. The number of anilines is 2. The van der Waals surface area contributed by atoms with Crippen LogP contribution in [0.2, 0.25) is 0 Å². The standard InChI is InChI=1S/C18H24N2O3.C2HF3O2/c1-20-12-18(6-9-22-10-7-18)14-11-13(4-5-15(14)20)19-17(21)16-3-2-8-23-16;3-2(4,5)1(6)7/h4-5,11,16H,2-3,6-10,12H2,1H3,(H,19,21);(H,6,7)/t16-;/m1./s1. The minimum absolute atomic E-state index is 0.0187. The number of halogens is 3. The summed E-state index contributed by atoms with van der Waals surface area (Å²) in [5.41, 5.74) is 3.69. The summed E-state index contributed by atoms with van der Waals surface area (Å²) in [5.74, 6) is -2.78. The Morgan fingerprint density at radius 2 is 1.90 bits per heavy atom. The van der Waals surface area contributed by atoms with Gasteiger partial charge in [0.15, 0.2) is 0 Å². The summed E-state index contributed by atoms with van der Waals surface area (Å²) in [7, 11) is 2.15. The zero-order valence-corrected chi connectivity index (χ0v) is 16.6. The lowest BCUT2D eigenvalue weighted by Gasteiger charge is -2.34. The van der Waals surface area contributed by atoms with Gasteiger partial charge < -0.3 is 24.8 Å². The number of rotatable bonds is 2. The lowest BCUT2D eigenvalue weighted by molar-refractivity contribution is -0.192. The van der Waals surface area contributed by atoms with Crippen LogP contribution < -0.4 is 10.2 Å². The fraction of sp³-hybridized carbons (Fsp3) is 0.600. The van der Waals surface area contributed by atoms with Gasteiger partial charge in [0.25, 0.3) is 5.91 Å². The molecule has 2 fully saturated rings. The Morgan fingerprint density at radius 1 is 1.23 bits per heavy atom. The quantitative estimate of drug-likeness (QED) is 0.750. The van der Waals surface area contributed by atoms with E-state index < -0.39 is 12.1 Å². The zero-order chi connectivity index (χ0) is 21.9. The molecule has 166 valence electrons. The maximum atomic E-state index is 12.3. The highest BCUT2D eigenvalue weighted by atomic mass is 19.4. The molecule has 10 heteroatoms.